The number of nitrogens with two attached hydrogens (primary N) is 1. The Bertz CT molecular complexity index is 655. The lowest BCUT2D eigenvalue weighted by Gasteiger charge is -2.09. The van der Waals surface area contributed by atoms with E-state index >= 15 is 0 Å². The topological polar surface area (TPSA) is 62.7 Å². The fourth-order valence-electron chi connectivity index (χ4n) is 1.77. The first-order valence-electron chi connectivity index (χ1n) is 5.71. The van der Waals surface area contributed by atoms with E-state index < -0.39 is 11.7 Å². The third kappa shape index (κ3) is 2.88. The lowest BCUT2D eigenvalue weighted by Crippen LogP contribution is -2.04. The maximum Gasteiger partial charge on any atom is 0.416 e. The van der Waals surface area contributed by atoms with Crippen molar-refractivity contribution in [1.29, 1.82) is 5.26 Å². The second-order valence-corrected chi connectivity index (χ2v) is 4.19. The van der Waals surface area contributed by atoms with Gasteiger partial charge in [0.2, 0.25) is 0 Å². The quantitative estimate of drug-likeness (QED) is 0.914. The Hall–Kier alpha value is -2.55. The molecule has 0 aliphatic heterocycles. The SMILES string of the molecule is N#CCc1cnc(-c2ccc(C(F)(F)F)cc2)c(N)c1. The van der Waals surface area contributed by atoms with Crippen molar-refractivity contribution in [2.45, 2.75) is 12.6 Å². The van der Waals surface area contributed by atoms with E-state index in [1.54, 1.807) is 6.07 Å². The largest absolute Gasteiger partial charge is 0.416 e. The summed E-state index contributed by atoms with van der Waals surface area (Å²) in [7, 11) is 0. The molecule has 0 amide bonds. The maximum absolute atomic E-state index is 12.5. The van der Waals surface area contributed by atoms with Crippen LogP contribution in [-0.2, 0) is 12.6 Å². The molecule has 0 saturated heterocycles. The van der Waals surface area contributed by atoms with Gasteiger partial charge in [-0.1, -0.05) is 12.1 Å². The Kier molecular flexibility index (Phi) is 3.61. The Labute approximate surface area is 113 Å². The molecule has 0 bridgehead atoms. The first-order chi connectivity index (χ1) is 9.41. The molecule has 0 atom stereocenters. The number of halogens is 3. The number of nitrogens with zero attached hydrogens (tertiary/aromatic N) is 2. The van der Waals surface area contributed by atoms with Gasteiger partial charge in [0.05, 0.1) is 29.4 Å². The fraction of sp³-hybridized carbons (Fsp3) is 0.143. The van der Waals surface area contributed by atoms with Crippen LogP contribution in [0.4, 0.5) is 18.9 Å². The van der Waals surface area contributed by atoms with Gasteiger partial charge in [-0.15, -0.1) is 0 Å². The van der Waals surface area contributed by atoms with Crippen LogP contribution in [0.15, 0.2) is 36.5 Å². The highest BCUT2D eigenvalue weighted by molar-refractivity contribution is 5.72. The summed E-state index contributed by atoms with van der Waals surface area (Å²) in [6.07, 6.45) is -2.69. The van der Waals surface area contributed by atoms with Crippen molar-refractivity contribution in [3.63, 3.8) is 0 Å². The second-order valence-electron chi connectivity index (χ2n) is 4.19. The van der Waals surface area contributed by atoms with Gasteiger partial charge in [-0.2, -0.15) is 18.4 Å². The molecule has 0 radical (unpaired) electrons. The molecule has 0 saturated carbocycles. The van der Waals surface area contributed by atoms with Gasteiger partial charge in [0.1, 0.15) is 0 Å². The number of benzene rings is 1. The average molecular weight is 277 g/mol. The molecular weight excluding hydrogens is 267 g/mol. The van der Waals surface area contributed by atoms with E-state index in [2.05, 4.69) is 4.98 Å². The lowest BCUT2D eigenvalue weighted by molar-refractivity contribution is -0.137. The Balaban J connectivity index is 2.35. The molecule has 0 aliphatic rings. The van der Waals surface area contributed by atoms with E-state index in [0.717, 1.165) is 12.1 Å². The van der Waals surface area contributed by atoms with Crippen molar-refractivity contribution in [2.24, 2.45) is 0 Å². The highest BCUT2D eigenvalue weighted by atomic mass is 19.4. The fourth-order valence-corrected chi connectivity index (χ4v) is 1.77. The number of aromatic nitrogens is 1. The minimum Gasteiger partial charge on any atom is -0.397 e. The summed E-state index contributed by atoms with van der Waals surface area (Å²) < 4.78 is 37.4. The number of anilines is 1. The predicted molar refractivity (Wildman–Crippen MR) is 68.4 cm³/mol. The van der Waals surface area contributed by atoms with Crippen molar-refractivity contribution in [2.75, 3.05) is 5.73 Å². The minimum atomic E-state index is -4.37. The lowest BCUT2D eigenvalue weighted by atomic mass is 10.1. The zero-order chi connectivity index (χ0) is 14.8. The molecule has 6 heteroatoms. The molecule has 20 heavy (non-hydrogen) atoms. The third-order valence-electron chi connectivity index (χ3n) is 2.74. The van der Waals surface area contributed by atoms with Crippen LogP contribution in [0.25, 0.3) is 11.3 Å². The van der Waals surface area contributed by atoms with Crippen LogP contribution in [0.5, 0.6) is 0 Å². The maximum atomic E-state index is 12.5. The van der Waals surface area contributed by atoms with Gasteiger partial charge in [-0.05, 0) is 23.8 Å². The summed E-state index contributed by atoms with van der Waals surface area (Å²) in [5.41, 5.74) is 6.99. The molecule has 1 aromatic heterocycles. The van der Waals surface area contributed by atoms with E-state index in [1.165, 1.54) is 18.3 Å². The minimum absolute atomic E-state index is 0.185. The van der Waals surface area contributed by atoms with Crippen LogP contribution >= 0.6 is 0 Å². The Morgan fingerprint density at radius 1 is 1.20 bits per heavy atom. The number of hydrogen-bond donors (Lipinski definition) is 1. The van der Waals surface area contributed by atoms with Gasteiger partial charge in [-0.3, -0.25) is 4.98 Å². The van der Waals surface area contributed by atoms with Gasteiger partial charge >= 0.3 is 6.18 Å². The number of pyridine rings is 1. The van der Waals surface area contributed by atoms with Crippen LogP contribution in [0, 0.1) is 11.3 Å². The van der Waals surface area contributed by atoms with Gasteiger partial charge in [0.15, 0.2) is 0 Å². The van der Waals surface area contributed by atoms with Crippen LogP contribution in [0.3, 0.4) is 0 Å². The summed E-state index contributed by atoms with van der Waals surface area (Å²) in [5, 5.41) is 8.58. The summed E-state index contributed by atoms with van der Waals surface area (Å²) in [5.74, 6) is 0. The molecule has 1 aromatic carbocycles. The predicted octanol–water partition coefficient (Wildman–Crippen LogP) is 3.42. The van der Waals surface area contributed by atoms with Crippen LogP contribution in [-0.4, -0.2) is 4.98 Å². The van der Waals surface area contributed by atoms with Crippen molar-refractivity contribution < 1.29 is 13.2 Å². The molecule has 2 rings (SSSR count). The summed E-state index contributed by atoms with van der Waals surface area (Å²) in [4.78, 5) is 4.10. The van der Waals surface area contributed by atoms with Crippen molar-refractivity contribution in [1.82, 2.24) is 4.98 Å². The summed E-state index contributed by atoms with van der Waals surface area (Å²) in [6.45, 7) is 0. The molecule has 2 aromatic rings. The Morgan fingerprint density at radius 3 is 2.35 bits per heavy atom. The summed E-state index contributed by atoms with van der Waals surface area (Å²) >= 11 is 0. The van der Waals surface area contributed by atoms with E-state index in [9.17, 15) is 13.2 Å². The highest BCUT2D eigenvalue weighted by Gasteiger charge is 2.30. The van der Waals surface area contributed by atoms with E-state index in [0.29, 0.717) is 22.5 Å². The smallest absolute Gasteiger partial charge is 0.397 e. The molecule has 2 N–H and O–H groups in total. The molecule has 102 valence electrons. The van der Waals surface area contributed by atoms with Gasteiger partial charge in [0.25, 0.3) is 0 Å². The van der Waals surface area contributed by atoms with Crippen LogP contribution in [0.1, 0.15) is 11.1 Å². The van der Waals surface area contributed by atoms with Gasteiger partial charge in [0, 0.05) is 11.8 Å². The number of alkyl halides is 3. The molecule has 0 unspecified atom stereocenters. The molecular formula is C14H10F3N3. The molecule has 0 fully saturated rings. The monoisotopic (exact) mass is 277 g/mol. The zero-order valence-corrected chi connectivity index (χ0v) is 10.3. The molecule has 0 spiro atoms. The first kappa shape index (κ1) is 13.9. The molecule has 0 aliphatic carbocycles. The first-order valence-corrected chi connectivity index (χ1v) is 5.71. The van der Waals surface area contributed by atoms with E-state index in [-0.39, 0.29) is 6.42 Å². The van der Waals surface area contributed by atoms with Crippen LogP contribution < -0.4 is 5.73 Å². The van der Waals surface area contributed by atoms with E-state index in [4.69, 9.17) is 11.0 Å². The third-order valence-corrected chi connectivity index (χ3v) is 2.74. The normalized spacial score (nSPS) is 11.1. The standard InChI is InChI=1S/C14H10F3N3/c15-14(16,17)11-3-1-10(2-4-11)13-12(19)7-9(5-6-18)8-20-13/h1-4,7-8H,5,19H2. The van der Waals surface area contributed by atoms with Crippen molar-refractivity contribution in [3.05, 3.63) is 47.7 Å². The Morgan fingerprint density at radius 2 is 1.85 bits per heavy atom. The number of rotatable bonds is 2. The van der Waals surface area contributed by atoms with Crippen molar-refractivity contribution in [3.8, 4) is 17.3 Å². The number of hydrogen-bond acceptors (Lipinski definition) is 3. The van der Waals surface area contributed by atoms with Crippen molar-refractivity contribution >= 4 is 5.69 Å². The number of nitriles is 1. The average Bonchev–Trinajstić information content (AvgIpc) is 2.38. The van der Waals surface area contributed by atoms with Gasteiger partial charge in [-0.25, -0.2) is 0 Å². The van der Waals surface area contributed by atoms with E-state index in [1.807, 2.05) is 6.07 Å². The second kappa shape index (κ2) is 5.21. The molecule has 3 nitrogen and oxygen atoms in total. The highest BCUT2D eigenvalue weighted by Crippen LogP contribution is 2.31. The zero-order valence-electron chi connectivity index (χ0n) is 10.3. The molecule has 1 heterocycles. The number of nitrogen functional groups attached to an aromatic ring is 1. The van der Waals surface area contributed by atoms with Gasteiger partial charge < -0.3 is 5.73 Å². The summed E-state index contributed by atoms with van der Waals surface area (Å²) in [6, 6.07) is 8.20. The van der Waals surface area contributed by atoms with Crippen LogP contribution in [0.2, 0.25) is 0 Å².